The monoisotopic (exact) mass is 328 g/mol. The van der Waals surface area contributed by atoms with Gasteiger partial charge in [-0.2, -0.15) is 0 Å². The second-order valence-corrected chi connectivity index (χ2v) is 5.88. The number of rotatable bonds is 3. The summed E-state index contributed by atoms with van der Waals surface area (Å²) in [4.78, 5) is 42.6. The minimum Gasteiger partial charge on any atom is -0.357 e. The molecule has 0 radical (unpaired) electrons. The number of nitrogens with zero attached hydrogens (tertiary/aromatic N) is 3. The average Bonchev–Trinajstić information content (AvgIpc) is 2.63. The van der Waals surface area contributed by atoms with E-state index in [1.807, 2.05) is 6.07 Å². The number of piperidine rings is 1. The molecule has 1 aliphatic heterocycles. The van der Waals surface area contributed by atoms with Crippen LogP contribution in [0.2, 0.25) is 0 Å². The number of amides is 2. The summed E-state index contributed by atoms with van der Waals surface area (Å²) in [6, 6.07) is 6.74. The lowest BCUT2D eigenvalue weighted by atomic mass is 10.0. The molecule has 1 fully saturated rings. The van der Waals surface area contributed by atoms with Gasteiger partial charge < -0.3 is 10.2 Å². The standard InChI is InChI=1S/C17H20N4O3/c1-18-17(24)14-8-4-5-9-20(14)16(23)11-21-13-7-3-2-6-12(13)19-10-15(21)22/h2-3,6-7,10,14H,4-5,8-9,11H2,1H3,(H,18,24)/t14-/m0/s1. The van der Waals surface area contributed by atoms with Gasteiger partial charge in [0.2, 0.25) is 11.8 Å². The van der Waals surface area contributed by atoms with E-state index < -0.39 is 6.04 Å². The Morgan fingerprint density at radius 2 is 2.08 bits per heavy atom. The minimum atomic E-state index is -0.458. The van der Waals surface area contributed by atoms with Crippen LogP contribution < -0.4 is 10.9 Å². The van der Waals surface area contributed by atoms with Crippen molar-refractivity contribution in [3.8, 4) is 0 Å². The van der Waals surface area contributed by atoms with E-state index >= 15 is 0 Å². The molecule has 1 atom stereocenters. The van der Waals surface area contributed by atoms with Crippen LogP contribution >= 0.6 is 0 Å². The van der Waals surface area contributed by atoms with Gasteiger partial charge in [0.1, 0.15) is 12.6 Å². The highest BCUT2D eigenvalue weighted by molar-refractivity contribution is 5.88. The maximum atomic E-state index is 12.8. The zero-order valence-electron chi connectivity index (χ0n) is 13.6. The number of hydrogen-bond donors (Lipinski definition) is 1. The van der Waals surface area contributed by atoms with Crippen LogP contribution in [0.15, 0.2) is 35.3 Å². The number of likely N-dealkylation sites (tertiary alicyclic amines) is 1. The second-order valence-electron chi connectivity index (χ2n) is 5.88. The van der Waals surface area contributed by atoms with E-state index in [9.17, 15) is 14.4 Å². The van der Waals surface area contributed by atoms with Crippen molar-refractivity contribution >= 4 is 22.8 Å². The molecular formula is C17H20N4O3. The molecule has 2 amide bonds. The maximum Gasteiger partial charge on any atom is 0.269 e. The predicted molar refractivity (Wildman–Crippen MR) is 89.4 cm³/mol. The molecule has 0 unspecified atom stereocenters. The zero-order chi connectivity index (χ0) is 17.1. The Kier molecular flexibility index (Phi) is 4.59. The Balaban J connectivity index is 1.90. The molecule has 1 aromatic carbocycles. The van der Waals surface area contributed by atoms with Crippen molar-refractivity contribution in [2.45, 2.75) is 31.8 Å². The van der Waals surface area contributed by atoms with Gasteiger partial charge in [0.15, 0.2) is 0 Å². The molecule has 1 saturated heterocycles. The SMILES string of the molecule is CNC(=O)[C@@H]1CCCCN1C(=O)Cn1c(=O)cnc2ccccc21. The predicted octanol–water partition coefficient (Wildman–Crippen LogP) is 0.524. The highest BCUT2D eigenvalue weighted by Gasteiger charge is 2.31. The number of fused-ring (bicyclic) bond motifs is 1. The first-order valence-electron chi connectivity index (χ1n) is 8.07. The molecule has 0 bridgehead atoms. The summed E-state index contributed by atoms with van der Waals surface area (Å²) in [5.41, 5.74) is 0.953. The molecule has 126 valence electrons. The van der Waals surface area contributed by atoms with Crippen LogP contribution in [0.25, 0.3) is 11.0 Å². The molecule has 0 aliphatic carbocycles. The molecule has 1 N–H and O–H groups in total. The molecule has 2 heterocycles. The lowest BCUT2D eigenvalue weighted by molar-refractivity contribution is -0.142. The first-order valence-corrected chi connectivity index (χ1v) is 8.07. The summed E-state index contributed by atoms with van der Waals surface area (Å²) in [7, 11) is 1.57. The summed E-state index contributed by atoms with van der Waals surface area (Å²) >= 11 is 0. The highest BCUT2D eigenvalue weighted by Crippen LogP contribution is 2.18. The van der Waals surface area contributed by atoms with Crippen molar-refractivity contribution in [2.24, 2.45) is 0 Å². The second kappa shape index (κ2) is 6.82. The third-order valence-electron chi connectivity index (χ3n) is 4.42. The smallest absolute Gasteiger partial charge is 0.269 e. The Labute approximate surface area is 139 Å². The maximum absolute atomic E-state index is 12.8. The van der Waals surface area contributed by atoms with Crippen molar-refractivity contribution in [1.82, 2.24) is 19.8 Å². The van der Waals surface area contributed by atoms with E-state index in [2.05, 4.69) is 10.3 Å². The molecule has 1 aromatic heterocycles. The lowest BCUT2D eigenvalue weighted by Gasteiger charge is -2.34. The summed E-state index contributed by atoms with van der Waals surface area (Å²) in [6.45, 7) is 0.448. The molecule has 7 heteroatoms. The Bertz CT molecular complexity index is 830. The van der Waals surface area contributed by atoms with E-state index in [0.717, 1.165) is 12.8 Å². The Morgan fingerprint density at radius 1 is 1.29 bits per heavy atom. The summed E-state index contributed by atoms with van der Waals surface area (Å²) in [5.74, 6) is -0.378. The van der Waals surface area contributed by atoms with Crippen LogP contribution in [-0.4, -0.2) is 45.9 Å². The fraction of sp³-hybridized carbons (Fsp3) is 0.412. The van der Waals surface area contributed by atoms with E-state index in [0.29, 0.717) is 24.0 Å². The lowest BCUT2D eigenvalue weighted by Crippen LogP contribution is -2.52. The molecule has 0 saturated carbocycles. The summed E-state index contributed by atoms with van der Waals surface area (Å²) < 4.78 is 1.42. The molecular weight excluding hydrogens is 308 g/mol. The Morgan fingerprint density at radius 3 is 2.88 bits per heavy atom. The van der Waals surface area contributed by atoms with Crippen molar-refractivity contribution in [2.75, 3.05) is 13.6 Å². The normalized spacial score (nSPS) is 17.7. The molecule has 0 spiro atoms. The third-order valence-corrected chi connectivity index (χ3v) is 4.42. The first kappa shape index (κ1) is 16.2. The van der Waals surface area contributed by atoms with Gasteiger partial charge in [-0.1, -0.05) is 12.1 Å². The van der Waals surface area contributed by atoms with E-state index in [1.54, 1.807) is 30.1 Å². The number of carbonyl (C=O) groups is 2. The topological polar surface area (TPSA) is 84.3 Å². The molecule has 7 nitrogen and oxygen atoms in total. The van der Waals surface area contributed by atoms with Gasteiger partial charge in [-0.05, 0) is 31.4 Å². The number of likely N-dealkylation sites (N-methyl/N-ethyl adjacent to an activating group) is 1. The van der Waals surface area contributed by atoms with Crippen molar-refractivity contribution < 1.29 is 9.59 Å². The molecule has 24 heavy (non-hydrogen) atoms. The van der Waals surface area contributed by atoms with E-state index in [-0.39, 0.29) is 23.9 Å². The van der Waals surface area contributed by atoms with Crippen LogP contribution in [0.4, 0.5) is 0 Å². The number of aromatic nitrogens is 2. The minimum absolute atomic E-state index is 0.0879. The first-order chi connectivity index (χ1) is 11.6. The van der Waals surface area contributed by atoms with Crippen LogP contribution in [0.1, 0.15) is 19.3 Å². The fourth-order valence-electron chi connectivity index (χ4n) is 3.17. The van der Waals surface area contributed by atoms with Gasteiger partial charge >= 0.3 is 0 Å². The number of para-hydroxylation sites is 2. The van der Waals surface area contributed by atoms with Crippen LogP contribution in [-0.2, 0) is 16.1 Å². The van der Waals surface area contributed by atoms with Gasteiger partial charge in [-0.15, -0.1) is 0 Å². The summed E-state index contributed by atoms with van der Waals surface area (Å²) in [5, 5.41) is 2.61. The van der Waals surface area contributed by atoms with Gasteiger partial charge in [-0.25, -0.2) is 4.98 Å². The fourth-order valence-corrected chi connectivity index (χ4v) is 3.17. The van der Waals surface area contributed by atoms with Crippen LogP contribution in [0.3, 0.4) is 0 Å². The number of hydrogen-bond acceptors (Lipinski definition) is 4. The quantitative estimate of drug-likeness (QED) is 0.890. The molecule has 2 aromatic rings. The van der Waals surface area contributed by atoms with Gasteiger partial charge in [0, 0.05) is 13.6 Å². The van der Waals surface area contributed by atoms with Crippen molar-refractivity contribution in [3.63, 3.8) is 0 Å². The highest BCUT2D eigenvalue weighted by atomic mass is 16.2. The number of nitrogens with one attached hydrogen (secondary N) is 1. The molecule has 3 rings (SSSR count). The number of carbonyl (C=O) groups excluding carboxylic acids is 2. The van der Waals surface area contributed by atoms with Crippen LogP contribution in [0, 0.1) is 0 Å². The Hall–Kier alpha value is -2.70. The van der Waals surface area contributed by atoms with Crippen molar-refractivity contribution in [3.05, 3.63) is 40.8 Å². The van der Waals surface area contributed by atoms with E-state index in [1.165, 1.54) is 10.8 Å². The number of benzene rings is 1. The zero-order valence-corrected chi connectivity index (χ0v) is 13.6. The molecule has 1 aliphatic rings. The average molecular weight is 328 g/mol. The van der Waals surface area contributed by atoms with Gasteiger partial charge in [-0.3, -0.25) is 19.0 Å². The van der Waals surface area contributed by atoms with E-state index in [4.69, 9.17) is 0 Å². The third kappa shape index (κ3) is 3.02. The van der Waals surface area contributed by atoms with Crippen LogP contribution in [0.5, 0.6) is 0 Å². The largest absolute Gasteiger partial charge is 0.357 e. The van der Waals surface area contributed by atoms with Gasteiger partial charge in [0.05, 0.1) is 17.2 Å². The van der Waals surface area contributed by atoms with Crippen molar-refractivity contribution in [1.29, 1.82) is 0 Å². The summed E-state index contributed by atoms with van der Waals surface area (Å²) in [6.07, 6.45) is 3.66. The van der Waals surface area contributed by atoms with Gasteiger partial charge in [0.25, 0.3) is 5.56 Å².